The normalized spacial score (nSPS) is 16.0. The molecule has 1 atom stereocenters. The highest BCUT2D eigenvalue weighted by molar-refractivity contribution is 6.16. The zero-order chi connectivity index (χ0) is 22.9. The molecule has 33 heavy (non-hydrogen) atoms. The molecule has 1 aromatic carbocycles. The Bertz CT molecular complexity index is 1380. The molecule has 5 rings (SSSR count). The van der Waals surface area contributed by atoms with Gasteiger partial charge < -0.3 is 19.2 Å². The summed E-state index contributed by atoms with van der Waals surface area (Å²) >= 11 is 0. The Morgan fingerprint density at radius 2 is 1.94 bits per heavy atom. The number of carbonyl (C=O) groups is 2. The van der Waals surface area contributed by atoms with Gasteiger partial charge in [0.2, 0.25) is 5.78 Å². The molecule has 8 heteroatoms. The number of fused-ring (bicyclic) bond motifs is 1. The number of benzene rings is 1. The average Bonchev–Trinajstić information content (AvgIpc) is 3.40. The summed E-state index contributed by atoms with van der Waals surface area (Å²) in [7, 11) is 1.51. The third-order valence-electron chi connectivity index (χ3n) is 5.60. The lowest BCUT2D eigenvalue weighted by atomic mass is 9.96. The minimum absolute atomic E-state index is 0.00324. The third kappa shape index (κ3) is 3.51. The number of carbonyl (C=O) groups excluding carboxylic acids is 2. The van der Waals surface area contributed by atoms with Crippen molar-refractivity contribution in [2.24, 2.45) is 0 Å². The molecule has 0 bridgehead atoms. The Kier molecular flexibility index (Phi) is 5.10. The molecule has 1 unspecified atom stereocenters. The van der Waals surface area contributed by atoms with E-state index in [9.17, 15) is 14.7 Å². The molecule has 4 heterocycles. The molecule has 4 aromatic rings. The predicted octanol–water partition coefficient (Wildman–Crippen LogP) is 4.01. The van der Waals surface area contributed by atoms with E-state index in [-0.39, 0.29) is 17.9 Å². The standard InChI is InChI=1S/C25H19N3O5/c1-32-18-6-2-4-16-12-19(33-24(16)18)22(29)20-21(17-5-3-9-27-13-17)28(25(31)23(20)30)14-15-7-10-26-11-8-15/h2-13,21,30H,14H2,1H3. The lowest BCUT2D eigenvalue weighted by Gasteiger charge is -2.26. The zero-order valence-corrected chi connectivity index (χ0v) is 17.6. The quantitative estimate of drug-likeness (QED) is 0.451. The molecule has 8 nitrogen and oxygen atoms in total. The van der Waals surface area contributed by atoms with Gasteiger partial charge in [-0.1, -0.05) is 18.2 Å². The van der Waals surface area contributed by atoms with Crippen LogP contribution < -0.4 is 4.74 Å². The Hall–Kier alpha value is -4.46. The molecule has 1 aliphatic rings. The summed E-state index contributed by atoms with van der Waals surface area (Å²) in [6, 6.07) is 13.1. The van der Waals surface area contributed by atoms with Crippen molar-refractivity contribution in [3.63, 3.8) is 0 Å². The minimum atomic E-state index is -0.832. The van der Waals surface area contributed by atoms with Gasteiger partial charge in [-0.15, -0.1) is 0 Å². The first-order valence-electron chi connectivity index (χ1n) is 10.2. The number of furan rings is 1. The average molecular weight is 441 g/mol. The Morgan fingerprint density at radius 3 is 2.67 bits per heavy atom. The van der Waals surface area contributed by atoms with Gasteiger partial charge in [0.25, 0.3) is 5.91 Å². The van der Waals surface area contributed by atoms with E-state index in [1.54, 1.807) is 73.3 Å². The molecule has 0 fully saturated rings. The van der Waals surface area contributed by atoms with Crippen LogP contribution in [0.1, 0.15) is 27.7 Å². The van der Waals surface area contributed by atoms with Crippen LogP contribution in [0.4, 0.5) is 0 Å². The molecule has 1 amide bonds. The van der Waals surface area contributed by atoms with E-state index < -0.39 is 23.5 Å². The van der Waals surface area contributed by atoms with Gasteiger partial charge in [0.05, 0.1) is 18.7 Å². The van der Waals surface area contributed by atoms with Crippen molar-refractivity contribution < 1.29 is 23.8 Å². The van der Waals surface area contributed by atoms with Crippen molar-refractivity contribution >= 4 is 22.7 Å². The number of rotatable bonds is 6. The Labute approximate surface area is 188 Å². The monoisotopic (exact) mass is 441 g/mol. The van der Waals surface area contributed by atoms with Gasteiger partial charge in [-0.2, -0.15) is 0 Å². The fourth-order valence-corrected chi connectivity index (χ4v) is 4.06. The summed E-state index contributed by atoms with van der Waals surface area (Å²) in [5, 5.41) is 11.5. The van der Waals surface area contributed by atoms with Crippen LogP contribution in [-0.4, -0.2) is 38.8 Å². The SMILES string of the molecule is COc1cccc2cc(C(=O)C3=C(O)C(=O)N(Cc4ccncc4)C3c3cccnc3)oc12. The number of para-hydroxylation sites is 1. The van der Waals surface area contributed by atoms with Crippen LogP contribution in [0.15, 0.2) is 89.1 Å². The van der Waals surface area contributed by atoms with Crippen LogP contribution in [-0.2, 0) is 11.3 Å². The second-order valence-corrected chi connectivity index (χ2v) is 7.56. The lowest BCUT2D eigenvalue weighted by molar-refractivity contribution is -0.130. The van der Waals surface area contributed by atoms with Crippen molar-refractivity contribution in [1.82, 2.24) is 14.9 Å². The largest absolute Gasteiger partial charge is 0.503 e. The number of pyridine rings is 2. The van der Waals surface area contributed by atoms with Gasteiger partial charge in [-0.25, -0.2) is 0 Å². The maximum Gasteiger partial charge on any atom is 0.290 e. The van der Waals surface area contributed by atoms with Crippen LogP contribution in [0.5, 0.6) is 5.75 Å². The van der Waals surface area contributed by atoms with Crippen LogP contribution >= 0.6 is 0 Å². The predicted molar refractivity (Wildman–Crippen MR) is 119 cm³/mol. The number of hydrogen-bond donors (Lipinski definition) is 1. The number of Topliss-reactive ketones (excluding diaryl/α,β-unsaturated/α-hetero) is 1. The van der Waals surface area contributed by atoms with Gasteiger partial charge in [0, 0.05) is 36.7 Å². The number of ketones is 1. The lowest BCUT2D eigenvalue weighted by Crippen LogP contribution is -2.30. The number of methoxy groups -OCH3 is 1. The van der Waals surface area contributed by atoms with E-state index >= 15 is 0 Å². The first kappa shape index (κ1) is 20.4. The van der Waals surface area contributed by atoms with Crippen molar-refractivity contribution in [2.75, 3.05) is 7.11 Å². The number of aliphatic hydroxyl groups excluding tert-OH is 1. The van der Waals surface area contributed by atoms with E-state index in [1.165, 1.54) is 12.0 Å². The molecule has 0 spiro atoms. The molecule has 0 saturated carbocycles. The second kappa shape index (κ2) is 8.23. The van der Waals surface area contributed by atoms with Gasteiger partial charge >= 0.3 is 0 Å². The number of nitrogens with zero attached hydrogens (tertiary/aromatic N) is 3. The fraction of sp³-hybridized carbons (Fsp3) is 0.120. The zero-order valence-electron chi connectivity index (χ0n) is 17.6. The van der Waals surface area contributed by atoms with Crippen LogP contribution in [0.3, 0.4) is 0 Å². The molecule has 1 N–H and O–H groups in total. The first-order chi connectivity index (χ1) is 16.1. The molecule has 0 saturated heterocycles. The second-order valence-electron chi connectivity index (χ2n) is 7.56. The maximum atomic E-state index is 13.6. The van der Waals surface area contributed by atoms with E-state index in [0.29, 0.717) is 22.3 Å². The number of aliphatic hydroxyl groups is 1. The number of hydrogen-bond acceptors (Lipinski definition) is 7. The highest BCUT2D eigenvalue weighted by Gasteiger charge is 2.44. The highest BCUT2D eigenvalue weighted by atomic mass is 16.5. The first-order valence-corrected chi connectivity index (χ1v) is 10.2. The smallest absolute Gasteiger partial charge is 0.290 e. The van der Waals surface area contributed by atoms with Gasteiger partial charge in [0.15, 0.2) is 22.9 Å². The molecule has 164 valence electrons. The van der Waals surface area contributed by atoms with Crippen molar-refractivity contribution in [3.8, 4) is 5.75 Å². The molecular weight excluding hydrogens is 422 g/mol. The maximum absolute atomic E-state index is 13.6. The van der Waals surface area contributed by atoms with Crippen molar-refractivity contribution in [3.05, 3.63) is 102 Å². The Morgan fingerprint density at radius 1 is 1.12 bits per heavy atom. The van der Waals surface area contributed by atoms with Crippen molar-refractivity contribution in [2.45, 2.75) is 12.6 Å². The van der Waals surface area contributed by atoms with E-state index in [0.717, 1.165) is 5.56 Å². The minimum Gasteiger partial charge on any atom is -0.503 e. The van der Waals surface area contributed by atoms with E-state index in [1.807, 2.05) is 0 Å². The number of ether oxygens (including phenoxy) is 1. The van der Waals surface area contributed by atoms with Crippen LogP contribution in [0.2, 0.25) is 0 Å². The van der Waals surface area contributed by atoms with Gasteiger partial charge in [-0.3, -0.25) is 19.6 Å². The van der Waals surface area contributed by atoms with Crippen molar-refractivity contribution in [1.29, 1.82) is 0 Å². The van der Waals surface area contributed by atoms with Crippen LogP contribution in [0.25, 0.3) is 11.0 Å². The topological polar surface area (TPSA) is 106 Å². The summed E-state index contributed by atoms with van der Waals surface area (Å²) in [4.78, 5) is 36.3. The molecular formula is C25H19N3O5. The fourth-order valence-electron chi connectivity index (χ4n) is 4.06. The Balaban J connectivity index is 1.60. The highest BCUT2D eigenvalue weighted by Crippen LogP contribution is 2.40. The summed E-state index contributed by atoms with van der Waals surface area (Å²) in [6.07, 6.45) is 6.42. The summed E-state index contributed by atoms with van der Waals surface area (Å²) < 4.78 is 11.1. The molecule has 0 aliphatic carbocycles. The third-order valence-corrected chi connectivity index (χ3v) is 5.60. The molecule has 0 radical (unpaired) electrons. The number of amides is 1. The number of aromatic nitrogens is 2. The van der Waals surface area contributed by atoms with Crippen LogP contribution in [0, 0.1) is 0 Å². The van der Waals surface area contributed by atoms with Gasteiger partial charge in [0.1, 0.15) is 0 Å². The summed E-state index contributed by atoms with van der Waals surface area (Å²) in [5.74, 6) is -1.34. The van der Waals surface area contributed by atoms with Gasteiger partial charge in [-0.05, 0) is 41.5 Å². The molecule has 1 aliphatic heterocycles. The van der Waals surface area contributed by atoms with E-state index in [4.69, 9.17) is 9.15 Å². The summed E-state index contributed by atoms with van der Waals surface area (Å²) in [5.41, 5.74) is 1.77. The van der Waals surface area contributed by atoms with E-state index in [2.05, 4.69) is 9.97 Å². The summed E-state index contributed by atoms with van der Waals surface area (Å²) in [6.45, 7) is 0.176. The molecule has 3 aromatic heterocycles.